The number of amides is 1. The van der Waals surface area contributed by atoms with Gasteiger partial charge in [-0.15, -0.1) is 10.2 Å². The van der Waals surface area contributed by atoms with Crippen LogP contribution in [-0.2, 0) is 10.3 Å². The average Bonchev–Trinajstić information content (AvgIpc) is 3.19. The van der Waals surface area contributed by atoms with E-state index in [1.165, 1.54) is 17.3 Å². The van der Waals surface area contributed by atoms with Gasteiger partial charge in [-0.25, -0.2) is 0 Å². The first-order valence-corrected chi connectivity index (χ1v) is 10.1. The fraction of sp³-hybridized carbons (Fsp3) is 0.286. The van der Waals surface area contributed by atoms with E-state index in [-0.39, 0.29) is 17.2 Å². The molecule has 0 radical (unpaired) electrons. The van der Waals surface area contributed by atoms with Gasteiger partial charge in [-0.1, -0.05) is 42.1 Å². The van der Waals surface area contributed by atoms with E-state index in [4.69, 9.17) is 9.15 Å². The van der Waals surface area contributed by atoms with Crippen LogP contribution < -0.4 is 10.1 Å². The minimum atomic E-state index is -0.234. The van der Waals surface area contributed by atoms with Crippen LogP contribution in [0.2, 0.25) is 0 Å². The molecular formula is C21H21N3O3S. The molecule has 1 amide bonds. The fourth-order valence-corrected chi connectivity index (χ4v) is 3.89. The first-order chi connectivity index (χ1) is 13.7. The second kappa shape index (κ2) is 8.06. The second-order valence-corrected chi connectivity index (χ2v) is 7.67. The summed E-state index contributed by atoms with van der Waals surface area (Å²) in [4.78, 5) is 12.5. The lowest BCUT2D eigenvalue weighted by Gasteiger charge is -2.43. The van der Waals surface area contributed by atoms with Gasteiger partial charge in [-0.2, -0.15) is 0 Å². The highest BCUT2D eigenvalue weighted by Gasteiger charge is 2.39. The van der Waals surface area contributed by atoms with Gasteiger partial charge in [0.05, 0.1) is 18.4 Å². The van der Waals surface area contributed by atoms with Crippen LogP contribution in [-0.4, -0.2) is 29.0 Å². The van der Waals surface area contributed by atoms with E-state index in [1.807, 2.05) is 42.5 Å². The Hall–Kier alpha value is -2.80. The van der Waals surface area contributed by atoms with Crippen molar-refractivity contribution in [3.05, 3.63) is 60.2 Å². The van der Waals surface area contributed by atoms with Crippen molar-refractivity contribution < 1.29 is 13.9 Å². The quantitative estimate of drug-likeness (QED) is 0.609. The van der Waals surface area contributed by atoms with Crippen molar-refractivity contribution in [2.45, 2.75) is 30.0 Å². The molecule has 1 fully saturated rings. The lowest BCUT2D eigenvalue weighted by atomic mass is 9.72. The topological polar surface area (TPSA) is 77.2 Å². The van der Waals surface area contributed by atoms with Crippen LogP contribution in [0.25, 0.3) is 11.5 Å². The first-order valence-electron chi connectivity index (χ1n) is 9.16. The van der Waals surface area contributed by atoms with Crippen LogP contribution in [0, 0.1) is 0 Å². The molecule has 1 heterocycles. The monoisotopic (exact) mass is 395 g/mol. The molecule has 0 spiro atoms. The van der Waals surface area contributed by atoms with Gasteiger partial charge in [0.15, 0.2) is 0 Å². The van der Waals surface area contributed by atoms with E-state index in [1.54, 1.807) is 7.11 Å². The summed E-state index contributed by atoms with van der Waals surface area (Å²) in [5, 5.41) is 11.7. The molecule has 7 heteroatoms. The summed E-state index contributed by atoms with van der Waals surface area (Å²) in [5.74, 6) is 1.39. The zero-order valence-electron chi connectivity index (χ0n) is 15.6. The Bertz CT molecular complexity index is 937. The van der Waals surface area contributed by atoms with E-state index >= 15 is 0 Å². The number of hydrogen-bond donors (Lipinski definition) is 1. The van der Waals surface area contributed by atoms with E-state index in [2.05, 4.69) is 27.6 Å². The van der Waals surface area contributed by atoms with E-state index in [0.29, 0.717) is 11.1 Å². The van der Waals surface area contributed by atoms with Crippen molar-refractivity contribution in [1.82, 2.24) is 15.5 Å². The molecule has 0 saturated heterocycles. The molecule has 2 aromatic carbocycles. The molecule has 0 atom stereocenters. The summed E-state index contributed by atoms with van der Waals surface area (Å²) in [5.41, 5.74) is 1.74. The summed E-state index contributed by atoms with van der Waals surface area (Å²) in [6, 6.07) is 17.5. The maximum Gasteiger partial charge on any atom is 0.277 e. The second-order valence-electron chi connectivity index (χ2n) is 6.74. The number of thioether (sulfide) groups is 1. The normalized spacial score (nSPS) is 14.9. The van der Waals surface area contributed by atoms with Crippen LogP contribution in [0.4, 0.5) is 0 Å². The standard InChI is InChI=1S/C21H21N3O3S/c1-26-17-10-8-15(9-11-17)19-23-24-20(27-19)28-14-18(25)22-21(12-5-13-21)16-6-3-2-4-7-16/h2-4,6-11H,5,12-14H2,1H3,(H,22,25). The lowest BCUT2D eigenvalue weighted by Crippen LogP contribution is -2.51. The van der Waals surface area contributed by atoms with E-state index in [0.717, 1.165) is 30.6 Å². The van der Waals surface area contributed by atoms with Gasteiger partial charge in [-0.3, -0.25) is 4.79 Å². The van der Waals surface area contributed by atoms with Crippen LogP contribution in [0.5, 0.6) is 5.75 Å². The van der Waals surface area contributed by atoms with Gasteiger partial charge in [-0.05, 0) is 49.1 Å². The molecule has 1 saturated carbocycles. The Morgan fingerprint density at radius 3 is 2.54 bits per heavy atom. The number of hydrogen-bond acceptors (Lipinski definition) is 6. The number of carbonyl (C=O) groups is 1. The van der Waals surface area contributed by atoms with Crippen molar-refractivity contribution in [3.8, 4) is 17.2 Å². The molecule has 6 nitrogen and oxygen atoms in total. The third kappa shape index (κ3) is 3.89. The zero-order chi connectivity index (χ0) is 19.4. The molecule has 3 aromatic rings. The maximum absolute atomic E-state index is 12.5. The molecule has 1 aliphatic carbocycles. The van der Waals surface area contributed by atoms with Crippen molar-refractivity contribution in [2.24, 2.45) is 0 Å². The smallest absolute Gasteiger partial charge is 0.277 e. The number of methoxy groups -OCH3 is 1. The first kappa shape index (κ1) is 18.6. The molecule has 144 valence electrons. The number of aromatic nitrogens is 2. The van der Waals surface area contributed by atoms with Crippen LogP contribution in [0.15, 0.2) is 64.2 Å². The lowest BCUT2D eigenvalue weighted by molar-refractivity contribution is -0.121. The minimum Gasteiger partial charge on any atom is -0.497 e. The maximum atomic E-state index is 12.5. The van der Waals surface area contributed by atoms with E-state index < -0.39 is 0 Å². The van der Waals surface area contributed by atoms with Crippen LogP contribution >= 0.6 is 11.8 Å². The number of rotatable bonds is 7. The Balaban J connectivity index is 1.35. The van der Waals surface area contributed by atoms with Crippen molar-refractivity contribution in [3.63, 3.8) is 0 Å². The molecule has 0 bridgehead atoms. The predicted molar refractivity (Wildman–Crippen MR) is 107 cm³/mol. The van der Waals surface area contributed by atoms with E-state index in [9.17, 15) is 4.79 Å². The third-order valence-electron chi connectivity index (χ3n) is 4.98. The Kier molecular flexibility index (Phi) is 5.34. The third-order valence-corrected chi connectivity index (χ3v) is 5.80. The molecular weight excluding hydrogens is 374 g/mol. The summed E-state index contributed by atoms with van der Waals surface area (Å²) >= 11 is 1.25. The molecule has 0 unspecified atom stereocenters. The van der Waals surface area contributed by atoms with Crippen molar-refractivity contribution >= 4 is 17.7 Å². The SMILES string of the molecule is COc1ccc(-c2nnc(SCC(=O)NC3(c4ccccc4)CCC3)o2)cc1. The van der Waals surface area contributed by atoms with Gasteiger partial charge in [0, 0.05) is 5.56 Å². The molecule has 4 rings (SSSR count). The van der Waals surface area contributed by atoms with Crippen LogP contribution in [0.1, 0.15) is 24.8 Å². The summed E-state index contributed by atoms with van der Waals surface area (Å²) in [6.07, 6.45) is 3.06. The number of nitrogens with zero attached hydrogens (tertiary/aromatic N) is 2. The Morgan fingerprint density at radius 1 is 1.14 bits per heavy atom. The summed E-state index contributed by atoms with van der Waals surface area (Å²) in [6.45, 7) is 0. The molecule has 0 aliphatic heterocycles. The Morgan fingerprint density at radius 2 is 1.89 bits per heavy atom. The van der Waals surface area contributed by atoms with Gasteiger partial charge in [0.1, 0.15) is 5.75 Å². The Labute approximate surface area is 167 Å². The zero-order valence-corrected chi connectivity index (χ0v) is 16.4. The fourth-order valence-electron chi connectivity index (χ4n) is 3.32. The van der Waals surface area contributed by atoms with Crippen molar-refractivity contribution in [2.75, 3.05) is 12.9 Å². The average molecular weight is 395 g/mol. The molecule has 1 aliphatic rings. The predicted octanol–water partition coefficient (Wildman–Crippen LogP) is 4.03. The number of nitrogens with one attached hydrogen (secondary N) is 1. The highest BCUT2D eigenvalue weighted by Crippen LogP contribution is 2.41. The van der Waals surface area contributed by atoms with Gasteiger partial charge >= 0.3 is 0 Å². The van der Waals surface area contributed by atoms with Crippen molar-refractivity contribution in [1.29, 1.82) is 0 Å². The minimum absolute atomic E-state index is 0.0299. The molecule has 28 heavy (non-hydrogen) atoms. The molecule has 1 N–H and O–H groups in total. The van der Waals surface area contributed by atoms with Gasteiger partial charge in [0.2, 0.25) is 11.8 Å². The number of benzene rings is 2. The summed E-state index contributed by atoms with van der Waals surface area (Å²) < 4.78 is 10.8. The van der Waals surface area contributed by atoms with Gasteiger partial charge in [0.25, 0.3) is 5.22 Å². The highest BCUT2D eigenvalue weighted by atomic mass is 32.2. The van der Waals surface area contributed by atoms with Gasteiger partial charge < -0.3 is 14.5 Å². The summed E-state index contributed by atoms with van der Waals surface area (Å²) in [7, 11) is 1.62. The highest BCUT2D eigenvalue weighted by molar-refractivity contribution is 7.99. The largest absolute Gasteiger partial charge is 0.497 e. The molecule has 1 aromatic heterocycles. The van der Waals surface area contributed by atoms with Crippen LogP contribution in [0.3, 0.4) is 0 Å². The number of carbonyl (C=O) groups excluding carboxylic acids is 1. The number of ether oxygens (including phenoxy) is 1.